The molecule has 1 heterocycles. The van der Waals surface area contributed by atoms with Crippen LogP contribution in [-0.2, 0) is 0 Å². The molecular weight excluding hydrogens is 264 g/mol. The second kappa shape index (κ2) is 5.45. The van der Waals surface area contributed by atoms with Gasteiger partial charge >= 0.3 is 0 Å². The van der Waals surface area contributed by atoms with Crippen molar-refractivity contribution >= 4 is 16.7 Å². The summed E-state index contributed by atoms with van der Waals surface area (Å²) in [6, 6.07) is 9.25. The number of hydrogen-bond acceptors (Lipinski definition) is 2. The highest BCUT2D eigenvalue weighted by Crippen LogP contribution is 2.32. The third-order valence-electron chi connectivity index (χ3n) is 3.99. The Morgan fingerprint density at radius 3 is 2.81 bits per heavy atom. The molecular formula is C17H16N2O2. The maximum Gasteiger partial charge on any atom is 0.268 e. The number of terminal acetylenes is 1. The Balaban J connectivity index is 2.18. The van der Waals surface area contributed by atoms with Crippen LogP contribution in [0.15, 0.2) is 35.1 Å². The second-order valence-electron chi connectivity index (χ2n) is 5.26. The molecule has 0 atom stereocenters. The number of amides is 1. The predicted octanol–water partition coefficient (Wildman–Crippen LogP) is 2.09. The molecule has 0 aliphatic heterocycles. The lowest BCUT2D eigenvalue weighted by Crippen LogP contribution is -2.36. The summed E-state index contributed by atoms with van der Waals surface area (Å²) in [5.41, 5.74) is 0.308. The number of hydrogen-bond donors (Lipinski definition) is 1. The van der Waals surface area contributed by atoms with Gasteiger partial charge in [-0.1, -0.05) is 24.1 Å². The lowest BCUT2D eigenvalue weighted by molar-refractivity contribution is 0.0942. The van der Waals surface area contributed by atoms with E-state index in [-0.39, 0.29) is 24.1 Å². The van der Waals surface area contributed by atoms with Crippen LogP contribution < -0.4 is 10.9 Å². The number of aromatic nitrogens is 1. The fourth-order valence-electron chi connectivity index (χ4n) is 2.68. The van der Waals surface area contributed by atoms with E-state index in [1.165, 1.54) is 0 Å². The van der Waals surface area contributed by atoms with E-state index in [9.17, 15) is 9.59 Å². The van der Waals surface area contributed by atoms with Gasteiger partial charge in [0.2, 0.25) is 0 Å². The number of pyridine rings is 1. The lowest BCUT2D eigenvalue weighted by Gasteiger charge is -2.30. The van der Waals surface area contributed by atoms with Crippen LogP contribution in [0.3, 0.4) is 0 Å². The van der Waals surface area contributed by atoms with E-state index in [0.717, 1.165) is 24.6 Å². The molecule has 4 heteroatoms. The quantitative estimate of drug-likeness (QED) is 0.875. The molecule has 1 aliphatic rings. The van der Waals surface area contributed by atoms with E-state index >= 15 is 0 Å². The Kier molecular flexibility index (Phi) is 3.49. The van der Waals surface area contributed by atoms with Crippen LogP contribution in [0.2, 0.25) is 0 Å². The van der Waals surface area contributed by atoms with Crippen LogP contribution >= 0.6 is 0 Å². The number of fused-ring (bicyclic) bond motifs is 1. The number of benzene rings is 1. The van der Waals surface area contributed by atoms with Gasteiger partial charge < -0.3 is 9.88 Å². The standard InChI is InChI=1S/C17H16N2O2/c1-2-10-18-16(20)15-11-12-6-3-4-9-14(12)17(21)19(15)13-7-5-8-13/h1,3-4,6,9,11,13H,5,7-8,10H2,(H,18,20). The molecule has 106 valence electrons. The highest BCUT2D eigenvalue weighted by atomic mass is 16.2. The van der Waals surface area contributed by atoms with Crippen molar-refractivity contribution in [3.63, 3.8) is 0 Å². The zero-order chi connectivity index (χ0) is 14.8. The summed E-state index contributed by atoms with van der Waals surface area (Å²) in [5.74, 6) is 2.09. The highest BCUT2D eigenvalue weighted by molar-refractivity contribution is 5.96. The molecule has 1 fully saturated rings. The molecule has 0 bridgehead atoms. The van der Waals surface area contributed by atoms with Crippen LogP contribution in [0.25, 0.3) is 10.8 Å². The van der Waals surface area contributed by atoms with Gasteiger partial charge in [0.25, 0.3) is 11.5 Å². The minimum absolute atomic E-state index is 0.0938. The molecule has 0 radical (unpaired) electrons. The maximum absolute atomic E-state index is 12.7. The Morgan fingerprint density at radius 2 is 2.14 bits per heavy atom. The number of nitrogens with one attached hydrogen (secondary N) is 1. The van der Waals surface area contributed by atoms with E-state index in [0.29, 0.717) is 11.1 Å². The minimum atomic E-state index is -0.289. The molecule has 0 unspecified atom stereocenters. The highest BCUT2D eigenvalue weighted by Gasteiger charge is 2.26. The molecule has 0 saturated heterocycles. The fraction of sp³-hybridized carbons (Fsp3) is 0.294. The Labute approximate surface area is 122 Å². The van der Waals surface area contributed by atoms with Gasteiger partial charge in [0.15, 0.2) is 0 Å². The van der Waals surface area contributed by atoms with E-state index in [4.69, 9.17) is 6.42 Å². The Morgan fingerprint density at radius 1 is 1.38 bits per heavy atom. The van der Waals surface area contributed by atoms with E-state index in [1.54, 1.807) is 16.7 Å². The molecule has 3 rings (SSSR count). The van der Waals surface area contributed by atoms with Gasteiger partial charge in [-0.15, -0.1) is 6.42 Å². The van der Waals surface area contributed by atoms with Crippen molar-refractivity contribution in [2.45, 2.75) is 25.3 Å². The monoisotopic (exact) mass is 280 g/mol. The lowest BCUT2D eigenvalue weighted by atomic mass is 9.92. The molecule has 1 saturated carbocycles. The fourth-order valence-corrected chi connectivity index (χ4v) is 2.68. The summed E-state index contributed by atoms with van der Waals surface area (Å²) in [6.07, 6.45) is 8.15. The van der Waals surface area contributed by atoms with Crippen molar-refractivity contribution in [2.24, 2.45) is 0 Å². The third-order valence-corrected chi connectivity index (χ3v) is 3.99. The van der Waals surface area contributed by atoms with Crippen molar-refractivity contribution in [2.75, 3.05) is 6.54 Å². The molecule has 4 nitrogen and oxygen atoms in total. The van der Waals surface area contributed by atoms with Crippen molar-refractivity contribution in [3.8, 4) is 12.3 Å². The number of rotatable bonds is 3. The molecule has 0 spiro atoms. The third kappa shape index (κ3) is 2.31. The van der Waals surface area contributed by atoms with Crippen molar-refractivity contribution in [3.05, 3.63) is 46.4 Å². The minimum Gasteiger partial charge on any atom is -0.340 e. The average Bonchev–Trinajstić information content (AvgIpc) is 2.45. The molecule has 21 heavy (non-hydrogen) atoms. The first-order valence-corrected chi connectivity index (χ1v) is 7.08. The van der Waals surface area contributed by atoms with Gasteiger partial charge in [-0.25, -0.2) is 0 Å². The topological polar surface area (TPSA) is 51.1 Å². The number of carbonyl (C=O) groups excluding carboxylic acids is 1. The van der Waals surface area contributed by atoms with Gasteiger partial charge in [0.05, 0.1) is 6.54 Å². The van der Waals surface area contributed by atoms with Crippen LogP contribution in [0.5, 0.6) is 0 Å². The summed E-state index contributed by atoms with van der Waals surface area (Å²) in [5, 5.41) is 4.08. The van der Waals surface area contributed by atoms with Gasteiger partial charge in [-0.05, 0) is 36.8 Å². The summed E-state index contributed by atoms with van der Waals surface area (Å²) < 4.78 is 1.64. The molecule has 1 aromatic heterocycles. The van der Waals surface area contributed by atoms with E-state index < -0.39 is 0 Å². The normalized spacial score (nSPS) is 14.4. The zero-order valence-electron chi connectivity index (χ0n) is 11.6. The summed E-state index contributed by atoms with van der Waals surface area (Å²) in [7, 11) is 0. The van der Waals surface area contributed by atoms with Gasteiger partial charge in [0, 0.05) is 11.4 Å². The first-order chi connectivity index (χ1) is 10.2. The summed E-state index contributed by atoms with van der Waals surface area (Å²) in [6.45, 7) is 0.157. The number of nitrogens with zero attached hydrogens (tertiary/aromatic N) is 1. The van der Waals surface area contributed by atoms with Crippen molar-refractivity contribution < 1.29 is 4.79 Å². The summed E-state index contributed by atoms with van der Waals surface area (Å²) in [4.78, 5) is 25.0. The average molecular weight is 280 g/mol. The van der Waals surface area contributed by atoms with Crippen molar-refractivity contribution in [1.82, 2.24) is 9.88 Å². The second-order valence-corrected chi connectivity index (χ2v) is 5.26. The van der Waals surface area contributed by atoms with Crippen molar-refractivity contribution in [1.29, 1.82) is 0 Å². The van der Waals surface area contributed by atoms with Crippen LogP contribution in [0.1, 0.15) is 35.8 Å². The van der Waals surface area contributed by atoms with Gasteiger partial charge in [-0.2, -0.15) is 0 Å². The number of carbonyl (C=O) groups is 1. The Bertz CT molecular complexity index is 795. The van der Waals surface area contributed by atoms with Gasteiger partial charge in [-0.3, -0.25) is 9.59 Å². The van der Waals surface area contributed by atoms with Crippen LogP contribution in [-0.4, -0.2) is 17.0 Å². The van der Waals surface area contributed by atoms with Gasteiger partial charge in [0.1, 0.15) is 5.69 Å². The molecule has 1 amide bonds. The van der Waals surface area contributed by atoms with Crippen LogP contribution in [0, 0.1) is 12.3 Å². The van der Waals surface area contributed by atoms with E-state index in [2.05, 4.69) is 11.2 Å². The van der Waals surface area contributed by atoms with Crippen LogP contribution in [0.4, 0.5) is 0 Å². The largest absolute Gasteiger partial charge is 0.340 e. The summed E-state index contributed by atoms with van der Waals surface area (Å²) >= 11 is 0. The van der Waals surface area contributed by atoms with E-state index in [1.807, 2.05) is 18.2 Å². The smallest absolute Gasteiger partial charge is 0.268 e. The molecule has 2 aromatic rings. The first-order valence-electron chi connectivity index (χ1n) is 7.08. The SMILES string of the molecule is C#CCNC(=O)c1cc2ccccc2c(=O)n1C1CCC1. The predicted molar refractivity (Wildman–Crippen MR) is 82.3 cm³/mol. The maximum atomic E-state index is 12.7. The molecule has 1 N–H and O–H groups in total. The zero-order valence-corrected chi connectivity index (χ0v) is 11.6. The Hall–Kier alpha value is -2.54. The molecule has 1 aliphatic carbocycles. The first kappa shape index (κ1) is 13.4. The molecule has 1 aromatic carbocycles.